The van der Waals surface area contributed by atoms with Gasteiger partial charge in [-0.25, -0.2) is 4.98 Å². The molecule has 0 unspecified atom stereocenters. The summed E-state index contributed by atoms with van der Waals surface area (Å²) in [6, 6.07) is 6.97. The molecule has 1 aromatic carbocycles. The second-order valence-corrected chi connectivity index (χ2v) is 8.93. The van der Waals surface area contributed by atoms with Gasteiger partial charge in [-0.2, -0.15) is 0 Å². The number of nitrogens with one attached hydrogen (secondary N) is 1. The Hall–Kier alpha value is -1.48. The number of hydrogen-bond donors (Lipinski definition) is 1. The van der Waals surface area contributed by atoms with Crippen molar-refractivity contribution in [3.63, 3.8) is 0 Å². The van der Waals surface area contributed by atoms with E-state index in [1.54, 1.807) is 47.7 Å². The highest BCUT2D eigenvalue weighted by atomic mass is 35.5. The molecule has 2 heterocycles. The van der Waals surface area contributed by atoms with Gasteiger partial charge in [0.2, 0.25) is 5.91 Å². The maximum atomic E-state index is 12.8. The summed E-state index contributed by atoms with van der Waals surface area (Å²) in [5, 5.41) is 4.24. The number of carbonyl (C=O) groups is 1. The fourth-order valence-corrected chi connectivity index (χ4v) is 4.86. The molecule has 0 aliphatic carbocycles. The lowest BCUT2D eigenvalue weighted by molar-refractivity contribution is -0.113. The van der Waals surface area contributed by atoms with Crippen molar-refractivity contribution in [3.05, 3.63) is 45.3 Å². The normalized spacial score (nSPS) is 15.6. The lowest BCUT2D eigenvalue weighted by Crippen LogP contribution is -2.27. The van der Waals surface area contributed by atoms with E-state index in [9.17, 15) is 9.59 Å². The number of amides is 1. The fourth-order valence-electron chi connectivity index (χ4n) is 2.71. The maximum absolute atomic E-state index is 12.8. The minimum absolute atomic E-state index is 0.0517. The third-order valence-electron chi connectivity index (χ3n) is 3.92. The van der Waals surface area contributed by atoms with Crippen LogP contribution in [0, 0.1) is 0 Å². The summed E-state index contributed by atoms with van der Waals surface area (Å²) >= 11 is 8.75. The monoisotopic (exact) mass is 425 g/mol. The Bertz CT molecular complexity index is 904. The average molecular weight is 426 g/mol. The number of aromatic nitrogens is 2. The number of hydrogen-bond acceptors (Lipinski definition) is 6. The molecule has 0 spiro atoms. The van der Waals surface area contributed by atoms with E-state index in [2.05, 4.69) is 17.2 Å². The van der Waals surface area contributed by atoms with Crippen molar-refractivity contribution in [1.82, 2.24) is 9.55 Å². The SMILES string of the molecule is COCCn1c(SCC(=O)Nc2cccc(Cl)c2)nc2c(c1=O)S[C@@H](C)C2. The molecule has 1 aliphatic heterocycles. The smallest absolute Gasteiger partial charge is 0.268 e. The Kier molecular flexibility index (Phi) is 6.86. The summed E-state index contributed by atoms with van der Waals surface area (Å²) in [7, 11) is 1.59. The van der Waals surface area contributed by atoms with Crippen LogP contribution >= 0.6 is 35.1 Å². The first-order valence-electron chi connectivity index (χ1n) is 8.45. The molecule has 27 heavy (non-hydrogen) atoms. The average Bonchev–Trinajstić information content (AvgIpc) is 3.00. The number of carbonyl (C=O) groups excluding carboxylic acids is 1. The van der Waals surface area contributed by atoms with Gasteiger partial charge in [0.25, 0.3) is 5.56 Å². The summed E-state index contributed by atoms with van der Waals surface area (Å²) in [6.07, 6.45) is 0.766. The number of thioether (sulfide) groups is 2. The molecule has 0 fully saturated rings. The van der Waals surface area contributed by atoms with Gasteiger partial charge >= 0.3 is 0 Å². The topological polar surface area (TPSA) is 73.2 Å². The van der Waals surface area contributed by atoms with Crippen molar-refractivity contribution in [2.45, 2.75) is 35.2 Å². The minimum atomic E-state index is -0.182. The third-order valence-corrected chi connectivity index (χ3v) is 6.35. The Morgan fingerprint density at radius 3 is 3.07 bits per heavy atom. The van der Waals surface area contributed by atoms with E-state index >= 15 is 0 Å². The third kappa shape index (κ3) is 5.07. The summed E-state index contributed by atoms with van der Waals surface area (Å²) in [4.78, 5) is 30.5. The number of benzene rings is 1. The Balaban J connectivity index is 1.75. The van der Waals surface area contributed by atoms with E-state index in [0.29, 0.717) is 39.2 Å². The van der Waals surface area contributed by atoms with Gasteiger partial charge in [-0.3, -0.25) is 14.2 Å². The van der Waals surface area contributed by atoms with Crippen LogP contribution in [0.5, 0.6) is 0 Å². The number of nitrogens with zero attached hydrogens (tertiary/aromatic N) is 2. The highest BCUT2D eigenvalue weighted by Gasteiger charge is 2.26. The van der Waals surface area contributed by atoms with Gasteiger partial charge < -0.3 is 10.1 Å². The molecule has 0 saturated heterocycles. The van der Waals surface area contributed by atoms with Crippen molar-refractivity contribution in [3.8, 4) is 0 Å². The van der Waals surface area contributed by atoms with Crippen LogP contribution in [0.25, 0.3) is 0 Å². The highest BCUT2D eigenvalue weighted by molar-refractivity contribution is 8.00. The van der Waals surface area contributed by atoms with E-state index in [0.717, 1.165) is 12.1 Å². The number of methoxy groups -OCH3 is 1. The number of rotatable bonds is 7. The number of halogens is 1. The molecule has 144 valence electrons. The van der Waals surface area contributed by atoms with Gasteiger partial charge in [-0.1, -0.05) is 36.4 Å². The molecule has 1 amide bonds. The van der Waals surface area contributed by atoms with Gasteiger partial charge in [0.15, 0.2) is 5.16 Å². The molecule has 0 saturated carbocycles. The van der Waals surface area contributed by atoms with Gasteiger partial charge in [0.1, 0.15) is 0 Å². The van der Waals surface area contributed by atoms with E-state index in [1.165, 1.54) is 11.8 Å². The number of fused-ring (bicyclic) bond motifs is 1. The lowest BCUT2D eigenvalue weighted by Gasteiger charge is -2.13. The molecule has 2 aromatic rings. The van der Waals surface area contributed by atoms with Crippen molar-refractivity contribution >= 4 is 46.7 Å². The molecule has 1 atom stereocenters. The number of ether oxygens (including phenoxy) is 1. The molecule has 9 heteroatoms. The van der Waals surface area contributed by atoms with Crippen LogP contribution in [0.2, 0.25) is 5.02 Å². The molecule has 3 rings (SSSR count). The van der Waals surface area contributed by atoms with Gasteiger partial charge in [-0.15, -0.1) is 11.8 Å². The zero-order chi connectivity index (χ0) is 19.4. The standard InChI is InChI=1S/C18H20ClN3O3S2/c1-11-8-14-16(27-11)17(24)22(6-7-25-2)18(21-14)26-10-15(23)20-13-5-3-4-12(19)9-13/h3-5,9,11H,6-8,10H2,1-2H3,(H,20,23)/t11-/m0/s1. The van der Waals surface area contributed by atoms with Crippen molar-refractivity contribution in [2.24, 2.45) is 0 Å². The molecule has 1 aliphatic rings. The van der Waals surface area contributed by atoms with Crippen LogP contribution in [-0.4, -0.2) is 40.2 Å². The molecule has 6 nitrogen and oxygen atoms in total. The van der Waals surface area contributed by atoms with Crippen LogP contribution in [0.4, 0.5) is 5.69 Å². The molecule has 0 radical (unpaired) electrons. The van der Waals surface area contributed by atoms with Crippen molar-refractivity contribution in [1.29, 1.82) is 0 Å². The maximum Gasteiger partial charge on any atom is 0.268 e. The highest BCUT2D eigenvalue weighted by Crippen LogP contribution is 2.34. The summed E-state index contributed by atoms with van der Waals surface area (Å²) < 4.78 is 6.72. The molecular formula is C18H20ClN3O3S2. The first kappa shape index (κ1) is 20.3. The molecule has 0 bridgehead atoms. The predicted molar refractivity (Wildman–Crippen MR) is 110 cm³/mol. The Labute approximate surface area is 171 Å². The Morgan fingerprint density at radius 1 is 1.52 bits per heavy atom. The molecular weight excluding hydrogens is 406 g/mol. The quantitative estimate of drug-likeness (QED) is 0.542. The Morgan fingerprint density at radius 2 is 2.33 bits per heavy atom. The minimum Gasteiger partial charge on any atom is -0.383 e. The first-order chi connectivity index (χ1) is 13.0. The van der Waals surface area contributed by atoms with E-state index in [-0.39, 0.29) is 17.2 Å². The fraction of sp³-hybridized carbons (Fsp3) is 0.389. The van der Waals surface area contributed by atoms with E-state index < -0.39 is 0 Å². The van der Waals surface area contributed by atoms with E-state index in [4.69, 9.17) is 16.3 Å². The molecule has 1 N–H and O–H groups in total. The molecule has 1 aromatic heterocycles. The van der Waals surface area contributed by atoms with Crippen LogP contribution in [0.3, 0.4) is 0 Å². The van der Waals surface area contributed by atoms with Crippen LogP contribution in [0.15, 0.2) is 39.1 Å². The van der Waals surface area contributed by atoms with Crippen LogP contribution in [-0.2, 0) is 22.5 Å². The summed E-state index contributed by atoms with van der Waals surface area (Å²) in [6.45, 7) is 2.89. The van der Waals surface area contributed by atoms with Gasteiger partial charge in [0, 0.05) is 29.5 Å². The van der Waals surface area contributed by atoms with Gasteiger partial charge in [-0.05, 0) is 18.2 Å². The lowest BCUT2D eigenvalue weighted by atomic mass is 10.2. The van der Waals surface area contributed by atoms with Crippen molar-refractivity contribution < 1.29 is 9.53 Å². The van der Waals surface area contributed by atoms with Crippen LogP contribution in [0.1, 0.15) is 12.6 Å². The van der Waals surface area contributed by atoms with Crippen LogP contribution < -0.4 is 10.9 Å². The summed E-state index contributed by atoms with van der Waals surface area (Å²) in [5.41, 5.74) is 1.41. The van der Waals surface area contributed by atoms with Gasteiger partial charge in [0.05, 0.1) is 29.5 Å². The zero-order valence-corrected chi connectivity index (χ0v) is 17.4. The first-order valence-corrected chi connectivity index (χ1v) is 10.7. The van der Waals surface area contributed by atoms with E-state index in [1.807, 2.05) is 0 Å². The zero-order valence-electron chi connectivity index (χ0n) is 15.0. The second-order valence-electron chi connectivity index (χ2n) is 6.10. The predicted octanol–water partition coefficient (Wildman–Crippen LogP) is 3.31. The second kappa shape index (κ2) is 9.14. The van der Waals surface area contributed by atoms with Crippen molar-refractivity contribution in [2.75, 3.05) is 24.8 Å². The number of anilines is 1. The summed E-state index contributed by atoms with van der Waals surface area (Å²) in [5.74, 6) is -0.0361. The largest absolute Gasteiger partial charge is 0.383 e.